The van der Waals surface area contributed by atoms with E-state index < -0.39 is 13.9 Å². The molecule has 1 saturated carbocycles. The number of hydrogen-bond acceptors (Lipinski definition) is 6. The number of H-pyrrole nitrogens is 1. The number of nitrogens with one attached hydrogen (secondary N) is 2. The van der Waals surface area contributed by atoms with Gasteiger partial charge in [0, 0.05) is 12.3 Å². The average Bonchev–Trinajstić information content (AvgIpc) is 3.10. The maximum absolute atomic E-state index is 12.6. The lowest BCUT2D eigenvalue weighted by atomic mass is 9.97. The van der Waals surface area contributed by atoms with E-state index in [1.54, 1.807) is 20.2 Å². The summed E-state index contributed by atoms with van der Waals surface area (Å²) in [6.45, 7) is 17.1. The van der Waals surface area contributed by atoms with E-state index >= 15 is 0 Å². The van der Waals surface area contributed by atoms with Gasteiger partial charge in [0.25, 0.3) is 5.56 Å². The Hall–Kier alpha value is -2.04. The van der Waals surface area contributed by atoms with Crippen molar-refractivity contribution >= 4 is 31.3 Å². The molecular weight excluding hydrogens is 438 g/mol. The third-order valence-electron chi connectivity index (χ3n) is 7.56. The van der Waals surface area contributed by atoms with Crippen molar-refractivity contribution in [3.8, 4) is 0 Å². The number of carbonyl (C=O) groups is 1. The van der Waals surface area contributed by atoms with Crippen LogP contribution in [0.4, 0.5) is 5.95 Å². The molecule has 1 amide bonds. The smallest absolute Gasteiger partial charge is 0.280 e. The monoisotopic (exact) mass is 475 g/mol. The molecule has 0 radical (unpaired) electrons. The van der Waals surface area contributed by atoms with Gasteiger partial charge in [-0.25, -0.2) is 4.98 Å². The molecule has 0 spiro atoms. The molecule has 0 bridgehead atoms. The molecule has 1 saturated heterocycles. The van der Waals surface area contributed by atoms with Crippen LogP contribution in [0.3, 0.4) is 0 Å². The zero-order valence-electron chi connectivity index (χ0n) is 21.0. The third kappa shape index (κ3) is 4.52. The number of hydrogen-bond donors (Lipinski definition) is 2. The molecule has 182 valence electrons. The van der Waals surface area contributed by atoms with Crippen LogP contribution in [-0.2, 0) is 14.0 Å². The van der Waals surface area contributed by atoms with Crippen LogP contribution in [0.2, 0.25) is 18.1 Å². The van der Waals surface area contributed by atoms with Crippen LogP contribution in [0.1, 0.15) is 67.0 Å². The highest BCUT2D eigenvalue weighted by Crippen LogP contribution is 2.55. The second kappa shape index (κ2) is 8.02. The zero-order valence-corrected chi connectivity index (χ0v) is 22.0. The van der Waals surface area contributed by atoms with Crippen molar-refractivity contribution in [2.24, 2.45) is 11.3 Å². The highest BCUT2D eigenvalue weighted by molar-refractivity contribution is 6.74. The van der Waals surface area contributed by atoms with Gasteiger partial charge in [-0.3, -0.25) is 24.5 Å². The number of rotatable bonds is 6. The summed E-state index contributed by atoms with van der Waals surface area (Å²) in [6.07, 6.45) is 4.13. The first-order chi connectivity index (χ1) is 15.2. The quantitative estimate of drug-likeness (QED) is 0.606. The number of carbonyl (C=O) groups excluding carboxylic acids is 1. The first-order valence-corrected chi connectivity index (χ1v) is 14.7. The highest BCUT2D eigenvalue weighted by atomic mass is 28.4. The lowest BCUT2D eigenvalue weighted by molar-refractivity contribution is -0.118. The number of ether oxygens (including phenoxy) is 1. The van der Waals surface area contributed by atoms with E-state index in [1.165, 1.54) is 0 Å². The molecule has 9 nitrogen and oxygen atoms in total. The normalized spacial score (nSPS) is 25.1. The second-order valence-electron chi connectivity index (χ2n) is 11.7. The van der Waals surface area contributed by atoms with Crippen molar-refractivity contribution in [1.29, 1.82) is 0 Å². The average molecular weight is 476 g/mol. The van der Waals surface area contributed by atoms with Gasteiger partial charge < -0.3 is 9.16 Å². The third-order valence-corrected chi connectivity index (χ3v) is 12.1. The minimum absolute atomic E-state index is 0.0174. The Bertz CT molecular complexity index is 1110. The van der Waals surface area contributed by atoms with Crippen molar-refractivity contribution in [2.45, 2.75) is 97.4 Å². The molecule has 1 aliphatic carbocycles. The standard InChI is InChI=1S/C23H37N5O4Si/c1-13(2)19(29)26-21-25-18-16(20(30)27-21)24-12-28(18)15-11-14(17(31-15)23(6)9-10-23)32-33(7,8)22(3,4)5/h12-15,17H,9-11H2,1-8H3,(H2,25,26,27,29,30)/t14-,15-,17+/m1/s1. The van der Waals surface area contributed by atoms with Gasteiger partial charge in [-0.05, 0) is 36.4 Å². The first kappa shape index (κ1) is 24.1. The van der Waals surface area contributed by atoms with Gasteiger partial charge in [-0.15, -0.1) is 0 Å². The van der Waals surface area contributed by atoms with E-state index in [0.29, 0.717) is 12.1 Å². The SMILES string of the molecule is CC(C)C(=O)Nc1nc2c(ncn2[C@H]2C[C@@H](O[Si](C)(C)C(C)(C)C)[C@@H](C3(C)CC3)O2)c(=O)[nH]1. The summed E-state index contributed by atoms with van der Waals surface area (Å²) >= 11 is 0. The number of amides is 1. The van der Waals surface area contributed by atoms with Gasteiger partial charge in [-0.2, -0.15) is 4.98 Å². The maximum Gasteiger partial charge on any atom is 0.280 e. The zero-order chi connectivity index (χ0) is 24.3. The minimum Gasteiger partial charge on any atom is -0.411 e. The van der Waals surface area contributed by atoms with Crippen LogP contribution in [0.5, 0.6) is 0 Å². The number of aromatic amines is 1. The van der Waals surface area contributed by atoms with Crippen LogP contribution in [0, 0.1) is 11.3 Å². The number of anilines is 1. The number of imidazole rings is 1. The van der Waals surface area contributed by atoms with Gasteiger partial charge in [0.15, 0.2) is 19.5 Å². The molecule has 3 heterocycles. The largest absolute Gasteiger partial charge is 0.411 e. The maximum atomic E-state index is 12.6. The van der Waals surface area contributed by atoms with Gasteiger partial charge in [0.2, 0.25) is 11.9 Å². The topological polar surface area (TPSA) is 111 Å². The van der Waals surface area contributed by atoms with Crippen molar-refractivity contribution in [1.82, 2.24) is 19.5 Å². The fourth-order valence-electron chi connectivity index (χ4n) is 4.03. The highest BCUT2D eigenvalue weighted by Gasteiger charge is 2.56. The van der Waals surface area contributed by atoms with E-state index in [-0.39, 0.29) is 52.2 Å². The predicted molar refractivity (Wildman–Crippen MR) is 130 cm³/mol. The number of nitrogens with zero attached hydrogens (tertiary/aromatic N) is 3. The fourth-order valence-corrected chi connectivity index (χ4v) is 5.36. The van der Waals surface area contributed by atoms with E-state index in [1.807, 2.05) is 4.57 Å². The lowest BCUT2D eigenvalue weighted by Gasteiger charge is -2.40. The Balaban J connectivity index is 1.66. The van der Waals surface area contributed by atoms with Crippen LogP contribution >= 0.6 is 0 Å². The van der Waals surface area contributed by atoms with Crippen molar-refractivity contribution in [3.05, 3.63) is 16.7 Å². The summed E-state index contributed by atoms with van der Waals surface area (Å²) in [5, 5.41) is 2.77. The van der Waals surface area contributed by atoms with Gasteiger partial charge in [0.1, 0.15) is 6.23 Å². The molecule has 2 aliphatic rings. The van der Waals surface area contributed by atoms with Crippen LogP contribution in [0.15, 0.2) is 11.1 Å². The van der Waals surface area contributed by atoms with Crippen LogP contribution in [0.25, 0.3) is 11.2 Å². The second-order valence-corrected chi connectivity index (χ2v) is 16.5. The molecule has 1 aliphatic heterocycles. The van der Waals surface area contributed by atoms with Crippen molar-refractivity contribution in [3.63, 3.8) is 0 Å². The van der Waals surface area contributed by atoms with E-state index in [9.17, 15) is 9.59 Å². The number of fused-ring (bicyclic) bond motifs is 1. The van der Waals surface area contributed by atoms with Gasteiger partial charge in [-0.1, -0.05) is 41.5 Å². The predicted octanol–water partition coefficient (Wildman–Crippen LogP) is 4.19. The minimum atomic E-state index is -2.00. The molecular formula is C23H37N5O4Si. The molecule has 33 heavy (non-hydrogen) atoms. The molecule has 2 aromatic rings. The molecule has 2 N–H and O–H groups in total. The van der Waals surface area contributed by atoms with Crippen molar-refractivity contribution < 1.29 is 14.0 Å². The van der Waals surface area contributed by atoms with Gasteiger partial charge in [0.05, 0.1) is 18.5 Å². The lowest BCUT2D eigenvalue weighted by Crippen LogP contribution is -2.47. The molecule has 0 aromatic carbocycles. The van der Waals surface area contributed by atoms with E-state index in [4.69, 9.17) is 9.16 Å². The Morgan fingerprint density at radius 1 is 1.36 bits per heavy atom. The van der Waals surface area contributed by atoms with Crippen LogP contribution < -0.4 is 10.9 Å². The summed E-state index contributed by atoms with van der Waals surface area (Å²) in [6, 6.07) is 0. The summed E-state index contributed by atoms with van der Waals surface area (Å²) in [5.74, 6) is -0.335. The number of aromatic nitrogens is 4. The Labute approximate surface area is 195 Å². The van der Waals surface area contributed by atoms with Crippen molar-refractivity contribution in [2.75, 3.05) is 5.32 Å². The molecule has 3 atom stereocenters. The summed E-state index contributed by atoms with van der Waals surface area (Å²) in [4.78, 5) is 36.1. The Kier molecular flexibility index (Phi) is 5.86. The molecule has 0 unspecified atom stereocenters. The first-order valence-electron chi connectivity index (χ1n) is 11.8. The van der Waals surface area contributed by atoms with E-state index in [2.05, 4.69) is 61.1 Å². The molecule has 10 heteroatoms. The Morgan fingerprint density at radius 3 is 2.61 bits per heavy atom. The van der Waals surface area contributed by atoms with Crippen LogP contribution in [-0.4, -0.2) is 46.0 Å². The van der Waals surface area contributed by atoms with Gasteiger partial charge >= 0.3 is 0 Å². The van der Waals surface area contributed by atoms with E-state index in [0.717, 1.165) is 12.8 Å². The summed E-state index contributed by atoms with van der Waals surface area (Å²) < 4.78 is 15.2. The molecule has 4 rings (SSSR count). The molecule has 2 fully saturated rings. The Morgan fingerprint density at radius 2 is 2.03 bits per heavy atom. The molecule has 2 aromatic heterocycles. The summed E-state index contributed by atoms with van der Waals surface area (Å²) in [7, 11) is -2.00. The summed E-state index contributed by atoms with van der Waals surface area (Å²) in [5.41, 5.74) is 0.342. The fraction of sp³-hybridized carbons (Fsp3) is 0.739.